The highest BCUT2D eigenvalue weighted by Gasteiger charge is 2.34. The lowest BCUT2D eigenvalue weighted by atomic mass is 9.73. The number of aromatic nitrogens is 1. The Labute approximate surface area is 178 Å². The molecule has 6 heteroatoms. The summed E-state index contributed by atoms with van der Waals surface area (Å²) in [7, 11) is 0. The number of aromatic amines is 1. The summed E-state index contributed by atoms with van der Waals surface area (Å²) in [6.07, 6.45) is 3.42. The predicted molar refractivity (Wildman–Crippen MR) is 119 cm³/mol. The van der Waals surface area contributed by atoms with E-state index in [-0.39, 0.29) is 22.9 Å². The lowest BCUT2D eigenvalue weighted by Crippen LogP contribution is -2.43. The molecule has 152 valence electrons. The van der Waals surface area contributed by atoms with Crippen molar-refractivity contribution in [2.45, 2.75) is 31.2 Å². The van der Waals surface area contributed by atoms with Gasteiger partial charge >= 0.3 is 0 Å². The van der Waals surface area contributed by atoms with Crippen molar-refractivity contribution < 1.29 is 9.18 Å². The van der Waals surface area contributed by atoms with Gasteiger partial charge in [-0.1, -0.05) is 35.9 Å². The second-order valence-corrected chi connectivity index (χ2v) is 8.54. The highest BCUT2D eigenvalue weighted by atomic mass is 35.5. The standard InChI is InChI=1S/C24H21ClFN3O/c25-19-13-22-18(12-20(19)26)17-7-2-14(10-21(17)29-22)11-23(30)28-16-5-3-15(4-6-16)24(27)8-1-9-24/h2-7,10,12-13,29H,1,8-9,11,27H2,(H,28,30). The van der Waals surface area contributed by atoms with Gasteiger partial charge in [0.1, 0.15) is 5.82 Å². The van der Waals surface area contributed by atoms with Crippen molar-refractivity contribution in [3.63, 3.8) is 0 Å². The van der Waals surface area contributed by atoms with Gasteiger partial charge < -0.3 is 16.0 Å². The first-order valence-corrected chi connectivity index (χ1v) is 10.4. The van der Waals surface area contributed by atoms with Gasteiger partial charge in [-0.05, 0) is 60.7 Å². The zero-order valence-corrected chi connectivity index (χ0v) is 17.0. The molecule has 1 aliphatic rings. The average Bonchev–Trinajstić information content (AvgIpc) is 3.03. The van der Waals surface area contributed by atoms with Gasteiger partial charge in [0.2, 0.25) is 5.91 Å². The quantitative estimate of drug-likeness (QED) is 0.399. The van der Waals surface area contributed by atoms with E-state index in [4.69, 9.17) is 17.3 Å². The summed E-state index contributed by atoms with van der Waals surface area (Å²) in [6.45, 7) is 0. The van der Waals surface area contributed by atoms with Gasteiger partial charge in [-0.2, -0.15) is 0 Å². The fourth-order valence-corrected chi connectivity index (χ4v) is 4.34. The van der Waals surface area contributed by atoms with Crippen LogP contribution in [-0.2, 0) is 16.8 Å². The van der Waals surface area contributed by atoms with Gasteiger partial charge in [0.25, 0.3) is 0 Å². The van der Waals surface area contributed by atoms with E-state index in [1.54, 1.807) is 6.07 Å². The van der Waals surface area contributed by atoms with Gasteiger partial charge in [-0.15, -0.1) is 0 Å². The van der Waals surface area contributed by atoms with Crippen LogP contribution in [0.15, 0.2) is 54.6 Å². The highest BCUT2D eigenvalue weighted by Crippen LogP contribution is 2.38. The number of H-pyrrole nitrogens is 1. The van der Waals surface area contributed by atoms with E-state index in [0.29, 0.717) is 0 Å². The number of nitrogens with two attached hydrogens (primary N) is 1. The van der Waals surface area contributed by atoms with Crippen LogP contribution in [0.1, 0.15) is 30.4 Å². The molecule has 1 heterocycles. The van der Waals surface area contributed by atoms with Gasteiger partial charge in [0.15, 0.2) is 0 Å². The SMILES string of the molecule is NC1(c2ccc(NC(=O)Cc3ccc4c(c3)[nH]c3cc(Cl)c(F)cc34)cc2)CCC1. The van der Waals surface area contributed by atoms with Gasteiger partial charge in [-0.3, -0.25) is 4.79 Å². The molecule has 0 radical (unpaired) electrons. The van der Waals surface area contributed by atoms with E-state index in [1.165, 1.54) is 6.07 Å². The van der Waals surface area contributed by atoms with Crippen molar-refractivity contribution in [3.05, 3.63) is 76.6 Å². The summed E-state index contributed by atoms with van der Waals surface area (Å²) >= 11 is 5.88. The maximum Gasteiger partial charge on any atom is 0.228 e. The van der Waals surface area contributed by atoms with Crippen molar-refractivity contribution >= 4 is 45.0 Å². The Morgan fingerprint density at radius 3 is 2.50 bits per heavy atom. The van der Waals surface area contributed by atoms with Crippen molar-refractivity contribution in [1.29, 1.82) is 0 Å². The lowest BCUT2D eigenvalue weighted by molar-refractivity contribution is -0.115. The first-order chi connectivity index (χ1) is 14.4. The number of anilines is 1. The molecule has 4 nitrogen and oxygen atoms in total. The molecule has 4 aromatic rings. The monoisotopic (exact) mass is 421 g/mol. The molecule has 1 aromatic heterocycles. The summed E-state index contributed by atoms with van der Waals surface area (Å²) in [4.78, 5) is 15.8. The number of benzene rings is 3. The van der Waals surface area contributed by atoms with E-state index in [9.17, 15) is 9.18 Å². The molecule has 0 atom stereocenters. The van der Waals surface area contributed by atoms with Crippen LogP contribution in [0.25, 0.3) is 21.8 Å². The first kappa shape index (κ1) is 19.1. The van der Waals surface area contributed by atoms with E-state index in [2.05, 4.69) is 10.3 Å². The minimum absolute atomic E-state index is 0.0811. The summed E-state index contributed by atoms with van der Waals surface area (Å²) < 4.78 is 13.8. The molecule has 1 amide bonds. The van der Waals surface area contributed by atoms with E-state index >= 15 is 0 Å². The van der Waals surface area contributed by atoms with Crippen LogP contribution in [0.5, 0.6) is 0 Å². The summed E-state index contributed by atoms with van der Waals surface area (Å²) in [6, 6.07) is 16.5. The third-order valence-electron chi connectivity index (χ3n) is 6.06. The van der Waals surface area contributed by atoms with Crippen molar-refractivity contribution in [3.8, 4) is 0 Å². The maximum atomic E-state index is 13.8. The van der Waals surface area contributed by atoms with Crippen LogP contribution in [-0.4, -0.2) is 10.9 Å². The molecule has 4 N–H and O–H groups in total. The molecule has 0 unspecified atom stereocenters. The largest absolute Gasteiger partial charge is 0.354 e. The minimum atomic E-state index is -0.447. The summed E-state index contributed by atoms with van der Waals surface area (Å²) in [5.74, 6) is -0.546. The van der Waals surface area contributed by atoms with Gasteiger partial charge in [-0.25, -0.2) is 4.39 Å². The number of hydrogen-bond acceptors (Lipinski definition) is 2. The Bertz CT molecular complexity index is 1280. The van der Waals surface area contributed by atoms with Crippen LogP contribution in [0.2, 0.25) is 5.02 Å². The Kier molecular flexibility index (Phi) is 4.53. The highest BCUT2D eigenvalue weighted by molar-refractivity contribution is 6.31. The molecule has 30 heavy (non-hydrogen) atoms. The number of carbonyl (C=O) groups is 1. The predicted octanol–water partition coefficient (Wildman–Crippen LogP) is 5.63. The first-order valence-electron chi connectivity index (χ1n) is 10.00. The van der Waals surface area contributed by atoms with E-state index < -0.39 is 5.82 Å². The van der Waals surface area contributed by atoms with Crippen molar-refractivity contribution in [2.75, 3.05) is 5.32 Å². The maximum absolute atomic E-state index is 13.8. The molecule has 3 aromatic carbocycles. The molecular weight excluding hydrogens is 401 g/mol. The van der Waals surface area contributed by atoms with Crippen LogP contribution in [0, 0.1) is 5.82 Å². The summed E-state index contributed by atoms with van der Waals surface area (Å²) in [5.41, 5.74) is 10.5. The minimum Gasteiger partial charge on any atom is -0.354 e. The van der Waals surface area contributed by atoms with Crippen LogP contribution in [0.3, 0.4) is 0 Å². The molecule has 0 spiro atoms. The Hall–Kier alpha value is -2.89. The van der Waals surface area contributed by atoms with E-state index in [0.717, 1.165) is 57.9 Å². The third kappa shape index (κ3) is 3.34. The number of nitrogens with one attached hydrogen (secondary N) is 2. The molecular formula is C24H21ClFN3O. The molecule has 0 bridgehead atoms. The smallest absolute Gasteiger partial charge is 0.228 e. The Balaban J connectivity index is 1.32. The number of amides is 1. The molecule has 0 saturated heterocycles. The molecule has 1 saturated carbocycles. The number of halogens is 2. The normalized spacial score (nSPS) is 15.3. The zero-order chi connectivity index (χ0) is 20.9. The molecule has 5 rings (SSSR count). The van der Waals surface area contributed by atoms with Gasteiger partial charge in [0, 0.05) is 33.0 Å². The van der Waals surface area contributed by atoms with Crippen molar-refractivity contribution in [2.24, 2.45) is 5.73 Å². The number of fused-ring (bicyclic) bond motifs is 3. The van der Waals surface area contributed by atoms with Crippen LogP contribution in [0.4, 0.5) is 10.1 Å². The van der Waals surface area contributed by atoms with Crippen molar-refractivity contribution in [1.82, 2.24) is 4.98 Å². The zero-order valence-electron chi connectivity index (χ0n) is 16.3. The average molecular weight is 422 g/mol. The molecule has 1 aliphatic carbocycles. The Morgan fingerprint density at radius 2 is 1.80 bits per heavy atom. The lowest BCUT2D eigenvalue weighted by Gasteiger charge is -2.38. The number of rotatable bonds is 4. The number of carbonyl (C=O) groups excluding carboxylic acids is 1. The fraction of sp³-hybridized carbons (Fsp3) is 0.208. The third-order valence-corrected chi connectivity index (χ3v) is 6.35. The van der Waals surface area contributed by atoms with Crippen LogP contribution >= 0.6 is 11.6 Å². The van der Waals surface area contributed by atoms with E-state index in [1.807, 2.05) is 42.5 Å². The van der Waals surface area contributed by atoms with Crippen LogP contribution < -0.4 is 11.1 Å². The molecule has 0 aliphatic heterocycles. The second kappa shape index (κ2) is 7.11. The second-order valence-electron chi connectivity index (χ2n) is 8.13. The fourth-order valence-electron chi connectivity index (χ4n) is 4.18. The van der Waals surface area contributed by atoms with Gasteiger partial charge in [0.05, 0.1) is 11.4 Å². The topological polar surface area (TPSA) is 70.9 Å². The molecule has 1 fully saturated rings. The number of hydrogen-bond donors (Lipinski definition) is 3. The summed E-state index contributed by atoms with van der Waals surface area (Å²) in [5, 5.41) is 4.68. The Morgan fingerprint density at radius 1 is 1.07 bits per heavy atom.